The molecular weight excluding hydrogens is 644 g/mol. The molecule has 0 aliphatic carbocycles. The number of benzene rings is 2. The molecule has 0 radical (unpaired) electrons. The zero-order valence-electron chi connectivity index (χ0n) is 25.8. The van der Waals surface area contributed by atoms with E-state index in [9.17, 15) is 39.6 Å². The standard InChI is InChI=1S/C30H35F6N3O6S/c1-19-15-25(43-5)23(22-11-14-39(26(19)22)27(40)44-28(2,3)4)16-38-13-6-12-37(18-29(31,32)33)17-24(38)20-7-9-21(10-8-20)45-46(41,42)30(34,35)36/h7-11,14-15,24H,6,12-13,16-18H2,1-5H3. The van der Waals surface area contributed by atoms with Crippen molar-refractivity contribution in [3.63, 3.8) is 0 Å². The fraction of sp³-hybridized carbons (Fsp3) is 0.500. The molecule has 4 rings (SSSR count). The smallest absolute Gasteiger partial charge is 0.496 e. The van der Waals surface area contributed by atoms with Crippen molar-refractivity contribution in [3.8, 4) is 11.5 Å². The van der Waals surface area contributed by atoms with Gasteiger partial charge >= 0.3 is 27.9 Å². The number of carbonyl (C=O) groups is 1. The van der Waals surface area contributed by atoms with Gasteiger partial charge < -0.3 is 13.7 Å². The van der Waals surface area contributed by atoms with Gasteiger partial charge in [0.1, 0.15) is 17.1 Å². The first kappa shape index (κ1) is 35.4. The Morgan fingerprint density at radius 2 is 1.65 bits per heavy atom. The van der Waals surface area contributed by atoms with Crippen molar-refractivity contribution in [1.29, 1.82) is 0 Å². The van der Waals surface area contributed by atoms with Crippen molar-refractivity contribution in [2.24, 2.45) is 0 Å². The van der Waals surface area contributed by atoms with Gasteiger partial charge in [-0.1, -0.05) is 12.1 Å². The summed E-state index contributed by atoms with van der Waals surface area (Å²) in [5.74, 6) is -0.109. The molecule has 1 aliphatic rings. The van der Waals surface area contributed by atoms with Crippen LogP contribution in [0.25, 0.3) is 10.9 Å². The van der Waals surface area contributed by atoms with Gasteiger partial charge in [-0.25, -0.2) is 4.79 Å². The van der Waals surface area contributed by atoms with E-state index in [1.165, 1.54) is 28.7 Å². The summed E-state index contributed by atoms with van der Waals surface area (Å²) in [7, 11) is -4.43. The second-order valence-corrected chi connectivity index (χ2v) is 13.6. The van der Waals surface area contributed by atoms with Crippen LogP contribution in [0.3, 0.4) is 0 Å². The van der Waals surface area contributed by atoms with Crippen LogP contribution in [-0.2, 0) is 21.4 Å². The summed E-state index contributed by atoms with van der Waals surface area (Å²) in [5, 5.41) is 0.666. The average Bonchev–Trinajstić information content (AvgIpc) is 3.27. The summed E-state index contributed by atoms with van der Waals surface area (Å²) in [6.45, 7) is 6.42. The van der Waals surface area contributed by atoms with Crippen LogP contribution in [0.1, 0.15) is 49.9 Å². The molecule has 9 nitrogen and oxygen atoms in total. The molecule has 46 heavy (non-hydrogen) atoms. The highest BCUT2D eigenvalue weighted by atomic mass is 32.2. The number of methoxy groups -OCH3 is 1. The number of carbonyl (C=O) groups excluding carboxylic acids is 1. The minimum Gasteiger partial charge on any atom is -0.496 e. The Hall–Kier alpha value is -3.50. The third kappa shape index (κ3) is 8.25. The van der Waals surface area contributed by atoms with Crippen LogP contribution in [0, 0.1) is 6.92 Å². The molecule has 0 bridgehead atoms. The van der Waals surface area contributed by atoms with Gasteiger partial charge in [-0.05, 0) is 76.1 Å². The van der Waals surface area contributed by atoms with Crippen molar-refractivity contribution in [3.05, 3.63) is 59.3 Å². The van der Waals surface area contributed by atoms with Gasteiger partial charge in [-0.2, -0.15) is 34.8 Å². The van der Waals surface area contributed by atoms with Crippen LogP contribution in [0.5, 0.6) is 11.5 Å². The molecule has 2 aromatic carbocycles. The molecule has 0 saturated carbocycles. The van der Waals surface area contributed by atoms with E-state index in [2.05, 4.69) is 4.18 Å². The summed E-state index contributed by atoms with van der Waals surface area (Å²) in [5.41, 5.74) is -4.00. The zero-order chi connectivity index (χ0) is 34.2. The molecule has 1 aliphatic heterocycles. The Labute approximate surface area is 262 Å². The number of fused-ring (bicyclic) bond motifs is 1. The predicted octanol–water partition coefficient (Wildman–Crippen LogP) is 6.78. The summed E-state index contributed by atoms with van der Waals surface area (Å²) < 4.78 is 119. The number of aryl methyl sites for hydroxylation is 1. The van der Waals surface area contributed by atoms with Crippen molar-refractivity contribution in [2.75, 3.05) is 33.3 Å². The maximum Gasteiger partial charge on any atom is 0.534 e. The molecule has 0 amide bonds. The Balaban J connectivity index is 1.75. The first-order valence-corrected chi connectivity index (χ1v) is 15.6. The monoisotopic (exact) mass is 679 g/mol. The second-order valence-electron chi connectivity index (χ2n) is 12.0. The first-order valence-electron chi connectivity index (χ1n) is 14.2. The summed E-state index contributed by atoms with van der Waals surface area (Å²) in [4.78, 5) is 16.2. The average molecular weight is 680 g/mol. The Kier molecular flexibility index (Phi) is 9.95. The first-order chi connectivity index (χ1) is 21.2. The number of hydrogen-bond donors (Lipinski definition) is 0. The van der Waals surface area contributed by atoms with Crippen LogP contribution in [-0.4, -0.2) is 79.5 Å². The molecular formula is C30H35F6N3O6S. The van der Waals surface area contributed by atoms with E-state index in [-0.39, 0.29) is 19.6 Å². The quantitative estimate of drug-likeness (QED) is 0.153. The van der Waals surface area contributed by atoms with Crippen LogP contribution in [0.4, 0.5) is 31.1 Å². The van der Waals surface area contributed by atoms with Gasteiger partial charge in [0.25, 0.3) is 0 Å². The molecule has 1 fully saturated rings. The highest BCUT2D eigenvalue weighted by Gasteiger charge is 2.48. The largest absolute Gasteiger partial charge is 0.534 e. The number of ether oxygens (including phenoxy) is 2. The van der Waals surface area contributed by atoms with Gasteiger partial charge in [0.15, 0.2) is 0 Å². The maximum absolute atomic E-state index is 13.5. The van der Waals surface area contributed by atoms with Gasteiger partial charge in [0.05, 0.1) is 19.2 Å². The van der Waals surface area contributed by atoms with Crippen LogP contribution in [0.15, 0.2) is 42.6 Å². The molecule has 1 saturated heterocycles. The fourth-order valence-corrected chi connectivity index (χ4v) is 5.96. The van der Waals surface area contributed by atoms with Crippen LogP contribution >= 0.6 is 0 Å². The van der Waals surface area contributed by atoms with Crippen LogP contribution in [0.2, 0.25) is 0 Å². The molecule has 1 unspecified atom stereocenters. The lowest BCUT2D eigenvalue weighted by molar-refractivity contribution is -0.146. The second kappa shape index (κ2) is 13.0. The normalized spacial score (nSPS) is 17.6. The van der Waals surface area contributed by atoms with E-state index < -0.39 is 51.8 Å². The van der Waals surface area contributed by atoms with E-state index in [0.717, 1.165) is 17.7 Å². The van der Waals surface area contributed by atoms with E-state index >= 15 is 0 Å². The lowest BCUT2D eigenvalue weighted by Crippen LogP contribution is -2.39. The molecule has 2 heterocycles. The molecule has 1 aromatic heterocycles. The van der Waals surface area contributed by atoms with Crippen LogP contribution < -0.4 is 8.92 Å². The third-order valence-corrected chi connectivity index (χ3v) is 8.33. The molecule has 0 N–H and O–H groups in total. The number of aromatic nitrogens is 1. The summed E-state index contributed by atoms with van der Waals surface area (Å²) >= 11 is 0. The Morgan fingerprint density at radius 3 is 2.22 bits per heavy atom. The number of hydrogen-bond acceptors (Lipinski definition) is 8. The molecule has 16 heteroatoms. The molecule has 3 aromatic rings. The zero-order valence-corrected chi connectivity index (χ0v) is 26.6. The highest BCUT2D eigenvalue weighted by molar-refractivity contribution is 7.88. The summed E-state index contributed by atoms with van der Waals surface area (Å²) in [6.07, 6.45) is -3.12. The van der Waals surface area contributed by atoms with Gasteiger partial charge in [-0.3, -0.25) is 14.4 Å². The van der Waals surface area contributed by atoms with Gasteiger partial charge in [-0.15, -0.1) is 0 Å². The number of nitrogens with zero attached hydrogens (tertiary/aromatic N) is 3. The van der Waals surface area contributed by atoms with Gasteiger partial charge in [0, 0.05) is 42.8 Å². The number of rotatable bonds is 7. The predicted molar refractivity (Wildman–Crippen MR) is 157 cm³/mol. The van der Waals surface area contributed by atoms with Gasteiger partial charge in [0.2, 0.25) is 0 Å². The van der Waals surface area contributed by atoms with E-state index in [1.54, 1.807) is 39.1 Å². The fourth-order valence-electron chi connectivity index (χ4n) is 5.50. The van der Waals surface area contributed by atoms with E-state index in [1.807, 2.05) is 11.8 Å². The number of halogens is 6. The van der Waals surface area contributed by atoms with Crippen molar-refractivity contribution in [1.82, 2.24) is 14.4 Å². The maximum atomic E-state index is 13.5. The minimum atomic E-state index is -5.91. The number of alkyl halides is 6. The lowest BCUT2D eigenvalue weighted by atomic mass is 10.0. The highest BCUT2D eigenvalue weighted by Crippen LogP contribution is 2.37. The third-order valence-electron chi connectivity index (χ3n) is 7.35. The van der Waals surface area contributed by atoms with Crippen molar-refractivity contribution in [2.45, 2.75) is 64.0 Å². The van der Waals surface area contributed by atoms with E-state index in [0.29, 0.717) is 40.7 Å². The molecule has 1 atom stereocenters. The molecule has 254 valence electrons. The SMILES string of the molecule is COc1cc(C)c2c(ccn2C(=O)OC(C)(C)C)c1CN1CCCN(CC(F)(F)F)CC1c1ccc(OS(=O)(=O)C(F)(F)F)cc1. The van der Waals surface area contributed by atoms with Crippen molar-refractivity contribution < 1.29 is 53.2 Å². The molecule has 0 spiro atoms. The van der Waals surface area contributed by atoms with E-state index in [4.69, 9.17) is 9.47 Å². The Bertz CT molecular complexity index is 1660. The Morgan fingerprint density at radius 1 is 1.00 bits per heavy atom. The summed E-state index contributed by atoms with van der Waals surface area (Å²) in [6, 6.07) is 7.51. The lowest BCUT2D eigenvalue weighted by Gasteiger charge is -2.33. The minimum absolute atomic E-state index is 0.0865. The topological polar surface area (TPSA) is 90.3 Å². The van der Waals surface area contributed by atoms with Crippen molar-refractivity contribution >= 4 is 27.1 Å².